The third kappa shape index (κ3) is 12.9. The SMILES string of the molecule is CCCCCCCCCCCCCC(=O)NCC(=O)N/N=C/c1c(Cl)cccc1Cl. The van der Waals surface area contributed by atoms with Gasteiger partial charge in [-0.1, -0.05) is 100 Å². The van der Waals surface area contributed by atoms with Crippen LogP contribution in [0, 0.1) is 0 Å². The van der Waals surface area contributed by atoms with E-state index >= 15 is 0 Å². The molecule has 0 saturated carbocycles. The van der Waals surface area contributed by atoms with Crippen molar-refractivity contribution >= 4 is 41.2 Å². The average Bonchev–Trinajstić information content (AvgIpc) is 2.72. The highest BCUT2D eigenvalue weighted by molar-refractivity contribution is 6.38. The maximum atomic E-state index is 11.8. The molecule has 2 amide bonds. The third-order valence-electron chi connectivity index (χ3n) is 4.84. The number of hydrogen-bond donors (Lipinski definition) is 2. The molecular formula is C23H35Cl2N3O2. The molecule has 0 aliphatic carbocycles. The van der Waals surface area contributed by atoms with Gasteiger partial charge in [0.05, 0.1) is 22.8 Å². The summed E-state index contributed by atoms with van der Waals surface area (Å²) < 4.78 is 0. The van der Waals surface area contributed by atoms with Crippen LogP contribution in [0.4, 0.5) is 0 Å². The van der Waals surface area contributed by atoms with E-state index in [1.54, 1.807) is 18.2 Å². The van der Waals surface area contributed by atoms with E-state index in [1.165, 1.54) is 64.0 Å². The second-order valence-corrected chi connectivity index (χ2v) is 8.31. The number of unbranched alkanes of at least 4 members (excludes halogenated alkanes) is 10. The Morgan fingerprint density at radius 2 is 1.40 bits per heavy atom. The summed E-state index contributed by atoms with van der Waals surface area (Å²) in [4.78, 5) is 23.6. The van der Waals surface area contributed by atoms with Gasteiger partial charge in [0.1, 0.15) is 0 Å². The predicted octanol–water partition coefficient (Wildman–Crippen LogP) is 6.26. The summed E-state index contributed by atoms with van der Waals surface area (Å²) in [5.74, 6) is -0.513. The highest BCUT2D eigenvalue weighted by Crippen LogP contribution is 2.22. The van der Waals surface area contributed by atoms with Crippen molar-refractivity contribution in [3.63, 3.8) is 0 Å². The van der Waals surface area contributed by atoms with Crippen molar-refractivity contribution in [1.82, 2.24) is 10.7 Å². The standard InChI is InChI=1S/C23H35Cl2N3O2/c1-2-3-4-5-6-7-8-9-10-11-12-16-22(29)26-18-23(30)28-27-17-19-20(24)14-13-15-21(19)25/h13-15,17H,2-12,16,18H2,1H3,(H,26,29)(H,28,30)/b27-17+. The molecule has 7 heteroatoms. The van der Waals surface area contributed by atoms with Crippen molar-refractivity contribution in [3.05, 3.63) is 33.8 Å². The average molecular weight is 456 g/mol. The first-order valence-electron chi connectivity index (χ1n) is 11.1. The van der Waals surface area contributed by atoms with E-state index in [0.717, 1.165) is 12.8 Å². The summed E-state index contributed by atoms with van der Waals surface area (Å²) in [7, 11) is 0. The quantitative estimate of drug-likeness (QED) is 0.175. The van der Waals surface area contributed by atoms with Gasteiger partial charge < -0.3 is 5.32 Å². The maximum Gasteiger partial charge on any atom is 0.259 e. The molecule has 168 valence electrons. The molecule has 0 spiro atoms. The van der Waals surface area contributed by atoms with Gasteiger partial charge >= 0.3 is 0 Å². The Kier molecular flexibility index (Phi) is 15.1. The summed E-state index contributed by atoms with van der Waals surface area (Å²) >= 11 is 12.0. The second kappa shape index (κ2) is 17.1. The van der Waals surface area contributed by atoms with Gasteiger partial charge in [-0.2, -0.15) is 5.10 Å². The lowest BCUT2D eigenvalue weighted by Gasteiger charge is -2.05. The van der Waals surface area contributed by atoms with Gasteiger partial charge in [-0.05, 0) is 18.6 Å². The number of carbonyl (C=O) groups excluding carboxylic acids is 2. The number of hydrogen-bond acceptors (Lipinski definition) is 3. The van der Waals surface area contributed by atoms with Crippen LogP contribution in [0.15, 0.2) is 23.3 Å². The Hall–Kier alpha value is -1.59. The minimum atomic E-state index is -0.401. The van der Waals surface area contributed by atoms with Crippen LogP contribution in [-0.4, -0.2) is 24.6 Å². The lowest BCUT2D eigenvalue weighted by molar-refractivity contribution is -0.126. The van der Waals surface area contributed by atoms with Crippen molar-refractivity contribution in [1.29, 1.82) is 0 Å². The minimum absolute atomic E-state index is 0.107. The zero-order valence-corrected chi connectivity index (χ0v) is 19.5. The molecule has 2 N–H and O–H groups in total. The molecule has 1 rings (SSSR count). The third-order valence-corrected chi connectivity index (χ3v) is 5.50. The Balaban J connectivity index is 2.02. The van der Waals surface area contributed by atoms with Gasteiger partial charge in [-0.25, -0.2) is 5.43 Å². The summed E-state index contributed by atoms with van der Waals surface area (Å²) in [6.07, 6.45) is 15.5. The fraction of sp³-hybridized carbons (Fsp3) is 0.609. The van der Waals surface area contributed by atoms with Gasteiger partial charge in [-0.15, -0.1) is 0 Å². The van der Waals surface area contributed by atoms with Crippen LogP contribution in [0.25, 0.3) is 0 Å². The number of carbonyl (C=O) groups is 2. The second-order valence-electron chi connectivity index (χ2n) is 7.49. The molecule has 0 bridgehead atoms. The fourth-order valence-corrected chi connectivity index (χ4v) is 3.55. The topological polar surface area (TPSA) is 70.6 Å². The molecule has 5 nitrogen and oxygen atoms in total. The highest BCUT2D eigenvalue weighted by Gasteiger charge is 2.06. The molecule has 1 aromatic carbocycles. The van der Waals surface area contributed by atoms with E-state index in [0.29, 0.717) is 22.0 Å². The lowest BCUT2D eigenvalue weighted by atomic mass is 10.1. The van der Waals surface area contributed by atoms with E-state index < -0.39 is 5.91 Å². The first kappa shape index (κ1) is 26.4. The zero-order valence-electron chi connectivity index (χ0n) is 18.0. The number of benzene rings is 1. The van der Waals surface area contributed by atoms with Crippen molar-refractivity contribution in [3.8, 4) is 0 Å². The first-order valence-corrected chi connectivity index (χ1v) is 11.8. The molecule has 0 fully saturated rings. The number of nitrogens with zero attached hydrogens (tertiary/aromatic N) is 1. The van der Waals surface area contributed by atoms with Crippen molar-refractivity contribution < 1.29 is 9.59 Å². The summed E-state index contributed by atoms with van der Waals surface area (Å²) in [6.45, 7) is 2.13. The van der Waals surface area contributed by atoms with Gasteiger partial charge in [0.15, 0.2) is 0 Å². The predicted molar refractivity (Wildman–Crippen MR) is 126 cm³/mol. The molecule has 0 saturated heterocycles. The van der Waals surface area contributed by atoms with Crippen LogP contribution >= 0.6 is 23.2 Å². The van der Waals surface area contributed by atoms with Crippen molar-refractivity contribution in [2.75, 3.05) is 6.54 Å². The normalized spacial score (nSPS) is 11.0. The van der Waals surface area contributed by atoms with Gasteiger partial charge in [0, 0.05) is 12.0 Å². The lowest BCUT2D eigenvalue weighted by Crippen LogP contribution is -2.34. The highest BCUT2D eigenvalue weighted by atomic mass is 35.5. The summed E-state index contributed by atoms with van der Waals surface area (Å²) in [6, 6.07) is 5.10. The Morgan fingerprint density at radius 1 is 0.867 bits per heavy atom. The summed E-state index contributed by atoms with van der Waals surface area (Å²) in [5, 5.41) is 7.33. The van der Waals surface area contributed by atoms with Crippen molar-refractivity contribution in [2.45, 2.75) is 84.0 Å². The monoisotopic (exact) mass is 455 g/mol. The first-order chi connectivity index (χ1) is 14.5. The largest absolute Gasteiger partial charge is 0.347 e. The van der Waals surface area contributed by atoms with Crippen LogP contribution < -0.4 is 10.7 Å². The van der Waals surface area contributed by atoms with Crippen LogP contribution in [-0.2, 0) is 9.59 Å². The number of halogens is 2. The molecule has 30 heavy (non-hydrogen) atoms. The molecular weight excluding hydrogens is 421 g/mol. The molecule has 0 unspecified atom stereocenters. The zero-order chi connectivity index (χ0) is 22.0. The number of nitrogens with one attached hydrogen (secondary N) is 2. The fourth-order valence-electron chi connectivity index (χ4n) is 3.06. The van der Waals surface area contributed by atoms with E-state index in [9.17, 15) is 9.59 Å². The molecule has 0 aliphatic heterocycles. The Labute approximate surface area is 191 Å². The molecule has 0 atom stereocenters. The van der Waals surface area contributed by atoms with Crippen LogP contribution in [0.5, 0.6) is 0 Å². The van der Waals surface area contributed by atoms with E-state index in [4.69, 9.17) is 23.2 Å². The Bertz CT molecular complexity index is 646. The van der Waals surface area contributed by atoms with Crippen LogP contribution in [0.1, 0.15) is 89.5 Å². The molecule has 1 aromatic rings. The molecule has 0 radical (unpaired) electrons. The Morgan fingerprint density at radius 3 is 1.97 bits per heavy atom. The smallest absolute Gasteiger partial charge is 0.259 e. The van der Waals surface area contributed by atoms with Crippen LogP contribution in [0.2, 0.25) is 10.0 Å². The molecule has 0 heterocycles. The number of amides is 2. The molecule has 0 aliphatic rings. The minimum Gasteiger partial charge on any atom is -0.347 e. The van der Waals surface area contributed by atoms with E-state index in [1.807, 2.05) is 0 Å². The van der Waals surface area contributed by atoms with Gasteiger partial charge in [0.2, 0.25) is 5.91 Å². The summed E-state index contributed by atoms with van der Waals surface area (Å²) in [5.41, 5.74) is 2.88. The van der Waals surface area contributed by atoms with Gasteiger partial charge in [-0.3, -0.25) is 9.59 Å². The van der Waals surface area contributed by atoms with E-state index in [-0.39, 0.29) is 12.5 Å². The van der Waals surface area contributed by atoms with Gasteiger partial charge in [0.25, 0.3) is 5.91 Å². The number of rotatable bonds is 16. The van der Waals surface area contributed by atoms with Crippen LogP contribution in [0.3, 0.4) is 0 Å². The number of hydrazone groups is 1. The molecule has 0 aromatic heterocycles. The van der Waals surface area contributed by atoms with Crippen molar-refractivity contribution in [2.24, 2.45) is 5.10 Å². The van der Waals surface area contributed by atoms with E-state index in [2.05, 4.69) is 22.8 Å². The maximum absolute atomic E-state index is 11.8.